The average Bonchev–Trinajstić information content (AvgIpc) is 2.78. The number of nitrogens with two attached hydrogens (primary N) is 1. The lowest BCUT2D eigenvalue weighted by molar-refractivity contribution is 0.0931. The van der Waals surface area contributed by atoms with Crippen LogP contribution in [0.4, 0.5) is 5.82 Å². The van der Waals surface area contributed by atoms with E-state index in [0.29, 0.717) is 6.54 Å². The predicted octanol–water partition coefficient (Wildman–Crippen LogP) is 0.844. The van der Waals surface area contributed by atoms with Crippen LogP contribution in [0, 0.1) is 5.92 Å². The first-order chi connectivity index (χ1) is 11.3. The third-order valence-corrected chi connectivity index (χ3v) is 4.48. The van der Waals surface area contributed by atoms with Crippen molar-refractivity contribution in [1.82, 2.24) is 14.0 Å². The first-order valence-corrected chi connectivity index (χ1v) is 8.67. The lowest BCUT2D eigenvalue weighted by atomic mass is 10.1. The minimum Gasteiger partial charge on any atom is -0.384 e. The molecule has 0 atom stereocenters. The van der Waals surface area contributed by atoms with Gasteiger partial charge in [0.2, 0.25) is 0 Å². The second kappa shape index (κ2) is 7.79. The average molecular weight is 336 g/mol. The van der Waals surface area contributed by atoms with Crippen LogP contribution >= 0.6 is 0 Å². The van der Waals surface area contributed by atoms with Crippen LogP contribution < -0.4 is 17.0 Å². The Morgan fingerprint density at radius 1 is 1.12 bits per heavy atom. The molecule has 1 aliphatic heterocycles. The number of rotatable bonds is 5. The summed E-state index contributed by atoms with van der Waals surface area (Å²) in [5.41, 5.74) is 4.92. The number of ketones is 1. The number of nitrogens with zero attached hydrogens (tertiary/aromatic N) is 3. The number of hydrogen-bond donors (Lipinski definition) is 1. The molecule has 2 N–H and O–H groups in total. The fraction of sp³-hybridized carbons (Fsp3) is 0.706. The van der Waals surface area contributed by atoms with Crippen molar-refractivity contribution >= 4 is 11.6 Å². The van der Waals surface area contributed by atoms with Gasteiger partial charge >= 0.3 is 5.69 Å². The summed E-state index contributed by atoms with van der Waals surface area (Å²) in [6.45, 7) is 6.18. The molecule has 0 aliphatic carbocycles. The summed E-state index contributed by atoms with van der Waals surface area (Å²) in [4.78, 5) is 39.5. The maximum absolute atomic E-state index is 12.7. The molecule has 7 heteroatoms. The van der Waals surface area contributed by atoms with Gasteiger partial charge in [0, 0.05) is 13.6 Å². The smallest absolute Gasteiger partial charge is 0.332 e. The topological polar surface area (TPSA) is 90.3 Å². The molecule has 0 saturated carbocycles. The zero-order chi connectivity index (χ0) is 17.9. The van der Waals surface area contributed by atoms with E-state index in [1.807, 2.05) is 13.8 Å². The molecule has 0 unspecified atom stereocenters. The summed E-state index contributed by atoms with van der Waals surface area (Å²) in [6, 6.07) is 0. The van der Waals surface area contributed by atoms with Crippen molar-refractivity contribution in [2.45, 2.75) is 46.1 Å². The highest BCUT2D eigenvalue weighted by molar-refractivity contribution is 6.01. The Balaban J connectivity index is 2.37. The number of hydrogen-bond acceptors (Lipinski definition) is 5. The lowest BCUT2D eigenvalue weighted by Crippen LogP contribution is -2.44. The molecular weight excluding hydrogens is 308 g/mol. The van der Waals surface area contributed by atoms with Gasteiger partial charge in [-0.25, -0.2) is 4.79 Å². The molecule has 1 aromatic heterocycles. The third-order valence-electron chi connectivity index (χ3n) is 4.48. The molecule has 1 aliphatic rings. The van der Waals surface area contributed by atoms with Gasteiger partial charge in [0.05, 0.1) is 6.54 Å². The van der Waals surface area contributed by atoms with Crippen molar-refractivity contribution in [2.75, 3.05) is 25.4 Å². The van der Waals surface area contributed by atoms with E-state index in [0.717, 1.165) is 30.5 Å². The van der Waals surface area contributed by atoms with Crippen molar-refractivity contribution in [3.8, 4) is 0 Å². The molecule has 24 heavy (non-hydrogen) atoms. The van der Waals surface area contributed by atoms with Gasteiger partial charge in [-0.2, -0.15) is 0 Å². The summed E-state index contributed by atoms with van der Waals surface area (Å²) < 4.78 is 2.32. The van der Waals surface area contributed by atoms with E-state index in [-0.39, 0.29) is 29.6 Å². The SMILES string of the molecule is CC(C)Cn1c(N)c(C(=O)CN2CCCCCC2)c(=O)n(C)c1=O. The molecule has 7 nitrogen and oxygen atoms in total. The Bertz CT molecular complexity index is 710. The van der Waals surface area contributed by atoms with Crippen LogP contribution in [0.25, 0.3) is 0 Å². The molecule has 1 fully saturated rings. The number of likely N-dealkylation sites (tertiary alicyclic amines) is 1. The highest BCUT2D eigenvalue weighted by Crippen LogP contribution is 2.12. The number of Topliss-reactive ketones (excluding diaryl/α,β-unsaturated/α-hetero) is 1. The van der Waals surface area contributed by atoms with Crippen LogP contribution in [-0.4, -0.2) is 39.5 Å². The van der Waals surface area contributed by atoms with E-state index in [1.165, 1.54) is 24.5 Å². The molecule has 0 radical (unpaired) electrons. The summed E-state index contributed by atoms with van der Waals surface area (Å²) in [7, 11) is 1.39. The summed E-state index contributed by atoms with van der Waals surface area (Å²) in [6.07, 6.45) is 4.48. The van der Waals surface area contributed by atoms with Crippen LogP contribution in [-0.2, 0) is 13.6 Å². The van der Waals surface area contributed by atoms with E-state index in [4.69, 9.17) is 5.73 Å². The minimum absolute atomic E-state index is 0.00313. The highest BCUT2D eigenvalue weighted by Gasteiger charge is 2.23. The molecule has 1 aromatic rings. The molecule has 1 saturated heterocycles. The van der Waals surface area contributed by atoms with Crippen molar-refractivity contribution in [3.05, 3.63) is 26.4 Å². The fourth-order valence-corrected chi connectivity index (χ4v) is 3.16. The van der Waals surface area contributed by atoms with Crippen LogP contribution in [0.1, 0.15) is 49.9 Å². The van der Waals surface area contributed by atoms with Gasteiger partial charge in [-0.3, -0.25) is 23.6 Å². The number of anilines is 1. The normalized spacial score (nSPS) is 16.3. The number of carbonyl (C=O) groups excluding carboxylic acids is 1. The van der Waals surface area contributed by atoms with Crippen LogP contribution in [0.2, 0.25) is 0 Å². The van der Waals surface area contributed by atoms with Gasteiger partial charge in [0.25, 0.3) is 5.56 Å². The Labute approximate surface area is 142 Å². The Kier molecular flexibility index (Phi) is 5.99. The standard InChI is InChI=1S/C17H28N4O3/c1-12(2)10-21-15(18)14(16(23)19(3)17(21)24)13(22)11-20-8-6-4-5-7-9-20/h12H,4-11,18H2,1-3H3. The van der Waals surface area contributed by atoms with Gasteiger partial charge in [0.15, 0.2) is 5.78 Å². The summed E-state index contributed by atoms with van der Waals surface area (Å²) in [5.74, 6) is -0.125. The lowest BCUT2D eigenvalue weighted by Gasteiger charge is -2.20. The molecule has 134 valence electrons. The predicted molar refractivity (Wildman–Crippen MR) is 94.4 cm³/mol. The first kappa shape index (κ1) is 18.4. The Morgan fingerprint density at radius 3 is 2.25 bits per heavy atom. The molecule has 0 aromatic carbocycles. The zero-order valence-electron chi connectivity index (χ0n) is 14.9. The van der Waals surface area contributed by atoms with Gasteiger partial charge < -0.3 is 5.73 Å². The van der Waals surface area contributed by atoms with E-state index in [2.05, 4.69) is 4.90 Å². The van der Waals surface area contributed by atoms with Gasteiger partial charge in [-0.15, -0.1) is 0 Å². The first-order valence-electron chi connectivity index (χ1n) is 8.67. The molecule has 0 spiro atoms. The Morgan fingerprint density at radius 2 is 1.71 bits per heavy atom. The maximum Gasteiger partial charge on any atom is 0.332 e. The van der Waals surface area contributed by atoms with E-state index in [1.54, 1.807) is 0 Å². The minimum atomic E-state index is -0.600. The van der Waals surface area contributed by atoms with Crippen molar-refractivity contribution in [2.24, 2.45) is 13.0 Å². The molecule has 0 bridgehead atoms. The van der Waals surface area contributed by atoms with E-state index >= 15 is 0 Å². The van der Waals surface area contributed by atoms with Gasteiger partial charge in [-0.05, 0) is 31.8 Å². The van der Waals surface area contributed by atoms with Crippen molar-refractivity contribution in [1.29, 1.82) is 0 Å². The summed E-state index contributed by atoms with van der Waals surface area (Å²) >= 11 is 0. The third kappa shape index (κ3) is 3.95. The quantitative estimate of drug-likeness (QED) is 0.805. The molecule has 2 heterocycles. The van der Waals surface area contributed by atoms with Gasteiger partial charge in [0.1, 0.15) is 11.4 Å². The van der Waals surface area contributed by atoms with Crippen molar-refractivity contribution < 1.29 is 4.79 Å². The zero-order valence-corrected chi connectivity index (χ0v) is 14.9. The van der Waals surface area contributed by atoms with Crippen LogP contribution in [0.5, 0.6) is 0 Å². The molecular formula is C17H28N4O3. The fourth-order valence-electron chi connectivity index (χ4n) is 3.16. The number of carbonyl (C=O) groups is 1. The van der Waals surface area contributed by atoms with Crippen molar-refractivity contribution in [3.63, 3.8) is 0 Å². The summed E-state index contributed by atoms with van der Waals surface area (Å²) in [5, 5.41) is 0. The largest absolute Gasteiger partial charge is 0.384 e. The second-order valence-electron chi connectivity index (χ2n) is 7.02. The van der Waals surface area contributed by atoms with E-state index < -0.39 is 11.2 Å². The molecule has 0 amide bonds. The maximum atomic E-state index is 12.7. The van der Waals surface area contributed by atoms with Crippen LogP contribution in [0.3, 0.4) is 0 Å². The monoisotopic (exact) mass is 336 g/mol. The highest BCUT2D eigenvalue weighted by atomic mass is 16.2. The number of nitrogen functional groups attached to an aromatic ring is 1. The van der Waals surface area contributed by atoms with Gasteiger partial charge in [-0.1, -0.05) is 26.7 Å². The second-order valence-corrected chi connectivity index (χ2v) is 7.02. The number of aromatic nitrogens is 2. The van der Waals surface area contributed by atoms with Crippen LogP contribution in [0.15, 0.2) is 9.59 Å². The molecule has 2 rings (SSSR count). The Hall–Kier alpha value is -1.89. The van der Waals surface area contributed by atoms with E-state index in [9.17, 15) is 14.4 Å².